The highest BCUT2D eigenvalue weighted by Gasteiger charge is 2.09. The third kappa shape index (κ3) is 2.81. The van der Waals surface area contributed by atoms with Crippen molar-refractivity contribution >= 4 is 12.1 Å². The molecule has 0 fully saturated rings. The summed E-state index contributed by atoms with van der Waals surface area (Å²) in [6.45, 7) is 2.64. The van der Waals surface area contributed by atoms with Crippen LogP contribution in [0.5, 0.6) is 5.75 Å². The van der Waals surface area contributed by atoms with E-state index in [1.165, 1.54) is 0 Å². The molecule has 0 saturated carbocycles. The molecular weight excluding hydrogens is 196 g/mol. The maximum Gasteiger partial charge on any atom is 0.167 e. The van der Waals surface area contributed by atoms with Crippen LogP contribution < -0.4 is 16.0 Å². The Bertz CT molecular complexity index is 330. The molecule has 6 heteroatoms. The first-order valence-corrected chi connectivity index (χ1v) is 4.50. The summed E-state index contributed by atoms with van der Waals surface area (Å²) >= 11 is 0. The fourth-order valence-electron chi connectivity index (χ4n) is 1.15. The van der Waals surface area contributed by atoms with Gasteiger partial charge in [-0.05, 0) is 6.92 Å². The predicted molar refractivity (Wildman–Crippen MR) is 56.8 cm³/mol. The Balaban J connectivity index is 2.96. The lowest BCUT2D eigenvalue weighted by Gasteiger charge is -2.12. The summed E-state index contributed by atoms with van der Waals surface area (Å²) in [6, 6.07) is 0. The van der Waals surface area contributed by atoms with Crippen molar-refractivity contribution in [2.45, 2.75) is 13.5 Å². The highest BCUT2D eigenvalue weighted by molar-refractivity contribution is 5.55. The van der Waals surface area contributed by atoms with Crippen molar-refractivity contribution in [2.24, 2.45) is 5.84 Å². The zero-order valence-electron chi connectivity index (χ0n) is 8.49. The first kappa shape index (κ1) is 11.3. The van der Waals surface area contributed by atoms with Crippen LogP contribution in [0.2, 0.25) is 0 Å². The number of pyridine rings is 1. The zero-order chi connectivity index (χ0) is 11.1. The number of nitrogens with zero attached hydrogens (tertiary/aromatic N) is 1. The van der Waals surface area contributed by atoms with Crippen LogP contribution >= 0.6 is 0 Å². The molecule has 1 rings (SSSR count). The van der Waals surface area contributed by atoms with Gasteiger partial charge in [0, 0.05) is 0 Å². The van der Waals surface area contributed by atoms with Crippen molar-refractivity contribution in [3.05, 3.63) is 18.0 Å². The molecule has 0 radical (unpaired) electrons. The number of nitrogens with two attached hydrogens (primary N) is 1. The van der Waals surface area contributed by atoms with Crippen molar-refractivity contribution in [1.29, 1.82) is 5.41 Å². The lowest BCUT2D eigenvalue weighted by Crippen LogP contribution is -2.11. The standard InChI is InChI=1S/C9H14N4O2/c1-2-15-9-4-12-3-8(13-11)7(9)5-14-6-10/h3-4,6,10,13H,2,5,11H2,1H3. The molecule has 0 spiro atoms. The van der Waals surface area contributed by atoms with Crippen LogP contribution in [-0.2, 0) is 11.3 Å². The number of hydrazine groups is 1. The van der Waals surface area contributed by atoms with Crippen LogP contribution in [0, 0.1) is 5.41 Å². The SMILES string of the molecule is CCOc1cncc(NN)c1COC=N. The number of hydrogen-bond donors (Lipinski definition) is 3. The van der Waals surface area contributed by atoms with E-state index >= 15 is 0 Å². The van der Waals surface area contributed by atoms with Gasteiger partial charge in [-0.25, -0.2) is 0 Å². The second-order valence-electron chi connectivity index (χ2n) is 2.67. The third-order valence-corrected chi connectivity index (χ3v) is 1.78. The number of anilines is 1. The molecule has 0 amide bonds. The Kier molecular flexibility index (Phi) is 4.36. The van der Waals surface area contributed by atoms with Gasteiger partial charge < -0.3 is 14.9 Å². The summed E-state index contributed by atoms with van der Waals surface area (Å²) in [7, 11) is 0. The van der Waals surface area contributed by atoms with E-state index in [1.807, 2.05) is 6.92 Å². The number of nitrogen functional groups attached to an aromatic ring is 1. The van der Waals surface area contributed by atoms with E-state index in [0.717, 1.165) is 12.0 Å². The number of nitrogens with one attached hydrogen (secondary N) is 2. The molecule has 0 aliphatic rings. The van der Waals surface area contributed by atoms with Crippen LogP contribution in [0.4, 0.5) is 5.69 Å². The number of aromatic nitrogens is 1. The van der Waals surface area contributed by atoms with E-state index in [-0.39, 0.29) is 6.61 Å². The Labute approximate surface area is 87.9 Å². The van der Waals surface area contributed by atoms with E-state index < -0.39 is 0 Å². The average Bonchev–Trinajstić information content (AvgIpc) is 2.27. The second-order valence-corrected chi connectivity index (χ2v) is 2.67. The molecule has 0 aliphatic carbocycles. The summed E-state index contributed by atoms with van der Waals surface area (Å²) in [4.78, 5) is 3.96. The van der Waals surface area contributed by atoms with Crippen molar-refractivity contribution < 1.29 is 9.47 Å². The van der Waals surface area contributed by atoms with Gasteiger partial charge in [0.05, 0.1) is 30.3 Å². The maximum atomic E-state index is 6.80. The van der Waals surface area contributed by atoms with Gasteiger partial charge in [0.25, 0.3) is 0 Å². The van der Waals surface area contributed by atoms with E-state index in [0.29, 0.717) is 18.0 Å². The van der Waals surface area contributed by atoms with Crippen molar-refractivity contribution in [2.75, 3.05) is 12.0 Å². The van der Waals surface area contributed by atoms with Crippen molar-refractivity contribution in [1.82, 2.24) is 4.98 Å². The molecule has 1 heterocycles. The van der Waals surface area contributed by atoms with E-state index in [9.17, 15) is 0 Å². The molecule has 15 heavy (non-hydrogen) atoms. The Hall–Kier alpha value is -1.82. The largest absolute Gasteiger partial charge is 0.492 e. The monoisotopic (exact) mass is 210 g/mol. The van der Waals surface area contributed by atoms with Crippen molar-refractivity contribution in [3.63, 3.8) is 0 Å². The van der Waals surface area contributed by atoms with Crippen molar-refractivity contribution in [3.8, 4) is 5.75 Å². The van der Waals surface area contributed by atoms with Gasteiger partial charge in [0.2, 0.25) is 0 Å². The molecule has 0 aromatic carbocycles. The minimum absolute atomic E-state index is 0.223. The van der Waals surface area contributed by atoms with Gasteiger partial charge in [-0.15, -0.1) is 0 Å². The second kappa shape index (κ2) is 5.82. The normalized spacial score (nSPS) is 9.47. The maximum absolute atomic E-state index is 6.80. The lowest BCUT2D eigenvalue weighted by atomic mass is 10.2. The fourth-order valence-corrected chi connectivity index (χ4v) is 1.15. The molecule has 82 valence electrons. The summed E-state index contributed by atoms with van der Waals surface area (Å²) in [6.07, 6.45) is 4.04. The Morgan fingerprint density at radius 3 is 3.00 bits per heavy atom. The predicted octanol–water partition coefficient (Wildman–Crippen LogP) is 0.890. The molecule has 6 nitrogen and oxygen atoms in total. The molecule has 1 aromatic rings. The van der Waals surface area contributed by atoms with Gasteiger partial charge in [-0.1, -0.05) is 0 Å². The highest BCUT2D eigenvalue weighted by Crippen LogP contribution is 2.25. The first-order chi connectivity index (χ1) is 7.33. The van der Waals surface area contributed by atoms with Gasteiger partial charge in [-0.3, -0.25) is 16.2 Å². The fraction of sp³-hybridized carbons (Fsp3) is 0.333. The highest BCUT2D eigenvalue weighted by atomic mass is 16.5. The molecule has 0 unspecified atom stereocenters. The minimum Gasteiger partial charge on any atom is -0.492 e. The summed E-state index contributed by atoms with van der Waals surface area (Å²) < 4.78 is 10.3. The summed E-state index contributed by atoms with van der Waals surface area (Å²) in [5, 5.41) is 6.80. The third-order valence-electron chi connectivity index (χ3n) is 1.78. The van der Waals surface area contributed by atoms with E-state index in [4.69, 9.17) is 20.7 Å². The average molecular weight is 210 g/mol. The zero-order valence-corrected chi connectivity index (χ0v) is 8.49. The van der Waals surface area contributed by atoms with E-state index in [2.05, 4.69) is 10.4 Å². The first-order valence-electron chi connectivity index (χ1n) is 4.50. The minimum atomic E-state index is 0.223. The van der Waals surface area contributed by atoms with Crippen LogP contribution in [0.15, 0.2) is 12.4 Å². The van der Waals surface area contributed by atoms with E-state index in [1.54, 1.807) is 12.4 Å². The molecule has 4 N–H and O–H groups in total. The number of rotatable bonds is 6. The van der Waals surface area contributed by atoms with Gasteiger partial charge in [-0.2, -0.15) is 0 Å². The summed E-state index contributed by atoms with van der Waals surface area (Å²) in [5.74, 6) is 5.94. The molecule has 0 aliphatic heterocycles. The van der Waals surface area contributed by atoms with Crippen LogP contribution in [-0.4, -0.2) is 18.0 Å². The summed E-state index contributed by atoms with van der Waals surface area (Å²) in [5.41, 5.74) is 3.88. The Morgan fingerprint density at radius 2 is 2.40 bits per heavy atom. The molecule has 0 bridgehead atoms. The molecule has 1 aromatic heterocycles. The molecular formula is C9H14N4O2. The van der Waals surface area contributed by atoms with Crippen LogP contribution in [0.3, 0.4) is 0 Å². The van der Waals surface area contributed by atoms with Gasteiger partial charge in [0.1, 0.15) is 12.4 Å². The van der Waals surface area contributed by atoms with Crippen LogP contribution in [0.25, 0.3) is 0 Å². The molecule has 0 saturated heterocycles. The smallest absolute Gasteiger partial charge is 0.167 e. The molecule has 0 atom stereocenters. The topological polar surface area (TPSA) is 93.2 Å². The lowest BCUT2D eigenvalue weighted by molar-refractivity contribution is 0.285. The number of hydrogen-bond acceptors (Lipinski definition) is 6. The van der Waals surface area contributed by atoms with Gasteiger partial charge in [0.15, 0.2) is 6.40 Å². The number of ether oxygens (including phenoxy) is 2. The Morgan fingerprint density at radius 1 is 1.60 bits per heavy atom. The van der Waals surface area contributed by atoms with Gasteiger partial charge >= 0.3 is 0 Å². The van der Waals surface area contributed by atoms with Crippen LogP contribution in [0.1, 0.15) is 12.5 Å². The quantitative estimate of drug-likeness (QED) is 0.280.